The summed E-state index contributed by atoms with van der Waals surface area (Å²) in [5.74, 6) is -1.92. The molecule has 1 amide bonds. The number of carbonyl (C=O) groups is 2. The van der Waals surface area contributed by atoms with Crippen LogP contribution in [-0.2, 0) is 16.6 Å². The van der Waals surface area contributed by atoms with E-state index in [0.717, 1.165) is 16.7 Å². The molecular formula is C21H20N2O5. The van der Waals surface area contributed by atoms with Crippen LogP contribution < -0.4 is 10.9 Å². The Balaban J connectivity index is 2.09. The molecule has 3 aromatic rings. The number of esters is 1. The van der Waals surface area contributed by atoms with Crippen molar-refractivity contribution in [2.24, 2.45) is 7.05 Å². The first-order valence-electron chi connectivity index (χ1n) is 8.61. The summed E-state index contributed by atoms with van der Waals surface area (Å²) >= 11 is 0. The number of aromatic nitrogens is 1. The van der Waals surface area contributed by atoms with E-state index in [4.69, 9.17) is 0 Å². The number of nitrogens with one attached hydrogen (secondary N) is 1. The molecule has 144 valence electrons. The summed E-state index contributed by atoms with van der Waals surface area (Å²) in [5.41, 5.74) is 2.40. The molecule has 28 heavy (non-hydrogen) atoms. The number of hydrogen-bond donors (Lipinski definition) is 2. The van der Waals surface area contributed by atoms with E-state index in [9.17, 15) is 19.5 Å². The van der Waals surface area contributed by atoms with Gasteiger partial charge in [0.25, 0.3) is 11.5 Å². The molecule has 3 rings (SSSR count). The van der Waals surface area contributed by atoms with Gasteiger partial charge in [0.15, 0.2) is 0 Å². The number of aryl methyl sites for hydroxylation is 2. The Morgan fingerprint density at radius 2 is 1.75 bits per heavy atom. The lowest BCUT2D eigenvalue weighted by Gasteiger charge is -2.13. The fraction of sp³-hybridized carbons (Fsp3) is 0.190. The van der Waals surface area contributed by atoms with Crippen LogP contribution in [0.5, 0.6) is 5.75 Å². The van der Waals surface area contributed by atoms with E-state index in [2.05, 4.69) is 10.1 Å². The molecule has 0 aliphatic carbocycles. The van der Waals surface area contributed by atoms with Gasteiger partial charge in [0.05, 0.1) is 12.6 Å². The number of benzene rings is 2. The zero-order chi connectivity index (χ0) is 20.4. The number of fused-ring (bicyclic) bond motifs is 1. The molecule has 0 aliphatic heterocycles. The predicted molar refractivity (Wildman–Crippen MR) is 105 cm³/mol. The van der Waals surface area contributed by atoms with Crippen molar-refractivity contribution in [3.05, 3.63) is 63.9 Å². The Morgan fingerprint density at radius 1 is 1.11 bits per heavy atom. The zero-order valence-electron chi connectivity index (χ0n) is 15.8. The lowest BCUT2D eigenvalue weighted by Crippen LogP contribution is -2.35. The molecule has 0 saturated heterocycles. The van der Waals surface area contributed by atoms with Crippen molar-refractivity contribution >= 4 is 22.8 Å². The van der Waals surface area contributed by atoms with Gasteiger partial charge in [-0.25, -0.2) is 0 Å². The number of rotatable bonds is 4. The Bertz CT molecular complexity index is 1130. The average molecular weight is 380 g/mol. The summed E-state index contributed by atoms with van der Waals surface area (Å²) in [7, 11) is 2.72. The molecule has 2 N–H and O–H groups in total. The minimum atomic E-state index is -0.840. The summed E-state index contributed by atoms with van der Waals surface area (Å²) in [4.78, 5) is 36.2. The third kappa shape index (κ3) is 3.46. The quantitative estimate of drug-likeness (QED) is 0.676. The van der Waals surface area contributed by atoms with Crippen molar-refractivity contribution in [3.8, 4) is 16.9 Å². The number of aromatic hydroxyl groups is 1. The Labute approximate surface area is 161 Å². The van der Waals surface area contributed by atoms with E-state index in [1.165, 1.54) is 18.7 Å². The van der Waals surface area contributed by atoms with Crippen LogP contribution in [0.15, 0.2) is 47.3 Å². The molecule has 0 radical (unpaired) electrons. The van der Waals surface area contributed by atoms with Crippen molar-refractivity contribution in [1.82, 2.24) is 9.88 Å². The molecule has 0 saturated carbocycles. The molecule has 2 aromatic carbocycles. The van der Waals surface area contributed by atoms with E-state index < -0.39 is 35.3 Å². The highest BCUT2D eigenvalue weighted by molar-refractivity contribution is 6.03. The molecule has 1 aromatic heterocycles. The number of nitrogens with zero attached hydrogens (tertiary/aromatic N) is 1. The summed E-state index contributed by atoms with van der Waals surface area (Å²) in [5, 5.41) is 13.2. The summed E-state index contributed by atoms with van der Waals surface area (Å²) in [6.45, 7) is 1.60. The van der Waals surface area contributed by atoms with Crippen molar-refractivity contribution in [2.75, 3.05) is 13.7 Å². The van der Waals surface area contributed by atoms with Gasteiger partial charge in [0.1, 0.15) is 17.9 Å². The molecule has 0 fully saturated rings. The second kappa shape index (κ2) is 7.56. The van der Waals surface area contributed by atoms with E-state index >= 15 is 0 Å². The smallest absolute Gasteiger partial charge is 0.325 e. The molecule has 0 spiro atoms. The van der Waals surface area contributed by atoms with Crippen LogP contribution in [0.3, 0.4) is 0 Å². The van der Waals surface area contributed by atoms with Gasteiger partial charge < -0.3 is 19.7 Å². The SMILES string of the molecule is COC(=O)CNC(=O)c1c(O)c2ccc(-c3ccc(C)cc3)cc2n(C)c1=O. The van der Waals surface area contributed by atoms with Crippen LogP contribution in [0.2, 0.25) is 0 Å². The van der Waals surface area contributed by atoms with Gasteiger partial charge in [-0.3, -0.25) is 14.4 Å². The van der Waals surface area contributed by atoms with Crippen molar-refractivity contribution < 1.29 is 19.4 Å². The van der Waals surface area contributed by atoms with Gasteiger partial charge in [-0.2, -0.15) is 0 Å². The minimum absolute atomic E-state index is 0.362. The predicted octanol–water partition coefficient (Wildman–Crippen LogP) is 2.12. The topological polar surface area (TPSA) is 97.6 Å². The molecule has 7 nitrogen and oxygen atoms in total. The monoisotopic (exact) mass is 380 g/mol. The maximum atomic E-state index is 12.7. The third-order valence-electron chi connectivity index (χ3n) is 4.60. The summed E-state index contributed by atoms with van der Waals surface area (Å²) < 4.78 is 5.76. The van der Waals surface area contributed by atoms with Crippen molar-refractivity contribution in [2.45, 2.75) is 6.92 Å². The average Bonchev–Trinajstić information content (AvgIpc) is 2.70. The van der Waals surface area contributed by atoms with Crippen molar-refractivity contribution in [1.29, 1.82) is 0 Å². The molecule has 0 bridgehead atoms. The van der Waals surface area contributed by atoms with E-state index in [1.54, 1.807) is 12.1 Å². The molecule has 0 aliphatic rings. The molecule has 0 unspecified atom stereocenters. The van der Waals surface area contributed by atoms with Gasteiger partial charge >= 0.3 is 5.97 Å². The molecule has 7 heteroatoms. The first-order valence-corrected chi connectivity index (χ1v) is 8.61. The molecular weight excluding hydrogens is 360 g/mol. The summed E-state index contributed by atoms with van der Waals surface area (Å²) in [6.07, 6.45) is 0. The van der Waals surface area contributed by atoms with Gasteiger partial charge in [-0.05, 0) is 30.2 Å². The second-order valence-corrected chi connectivity index (χ2v) is 6.44. The van der Waals surface area contributed by atoms with Gasteiger partial charge in [-0.15, -0.1) is 0 Å². The number of ether oxygens (including phenoxy) is 1. The van der Waals surface area contributed by atoms with Crippen LogP contribution in [0.25, 0.3) is 22.0 Å². The number of hydrogen-bond acceptors (Lipinski definition) is 5. The van der Waals surface area contributed by atoms with Crippen LogP contribution in [0.4, 0.5) is 0 Å². The first-order chi connectivity index (χ1) is 13.3. The largest absolute Gasteiger partial charge is 0.506 e. The second-order valence-electron chi connectivity index (χ2n) is 6.44. The van der Waals surface area contributed by atoms with Crippen LogP contribution in [0, 0.1) is 6.92 Å². The lowest BCUT2D eigenvalue weighted by molar-refractivity contribution is -0.139. The van der Waals surface area contributed by atoms with Crippen LogP contribution in [-0.4, -0.2) is 35.2 Å². The highest BCUT2D eigenvalue weighted by atomic mass is 16.5. The number of pyridine rings is 1. The van der Waals surface area contributed by atoms with Crippen molar-refractivity contribution in [3.63, 3.8) is 0 Å². The fourth-order valence-electron chi connectivity index (χ4n) is 2.97. The van der Waals surface area contributed by atoms with E-state index in [-0.39, 0.29) is 0 Å². The maximum absolute atomic E-state index is 12.7. The Kier molecular flexibility index (Phi) is 5.17. The van der Waals surface area contributed by atoms with E-state index in [1.807, 2.05) is 37.3 Å². The molecule has 1 heterocycles. The number of carbonyl (C=O) groups excluding carboxylic acids is 2. The van der Waals surface area contributed by atoms with Crippen LogP contribution in [0.1, 0.15) is 15.9 Å². The number of amides is 1. The maximum Gasteiger partial charge on any atom is 0.325 e. The van der Waals surface area contributed by atoms with Gasteiger partial charge in [0.2, 0.25) is 0 Å². The van der Waals surface area contributed by atoms with Gasteiger partial charge in [-0.1, -0.05) is 35.9 Å². The fourth-order valence-corrected chi connectivity index (χ4v) is 2.97. The zero-order valence-corrected chi connectivity index (χ0v) is 15.8. The Morgan fingerprint density at radius 3 is 2.39 bits per heavy atom. The highest BCUT2D eigenvalue weighted by Crippen LogP contribution is 2.30. The van der Waals surface area contributed by atoms with Crippen LogP contribution >= 0.6 is 0 Å². The standard InChI is InChI=1S/C21H20N2O5/c1-12-4-6-13(7-5-12)14-8-9-15-16(10-14)23(2)21(27)18(19(15)25)20(26)22-11-17(24)28-3/h4-10,25H,11H2,1-3H3,(H,22,26). The van der Waals surface area contributed by atoms with E-state index in [0.29, 0.717) is 10.9 Å². The lowest BCUT2D eigenvalue weighted by atomic mass is 10.0. The van der Waals surface area contributed by atoms with Gasteiger partial charge in [0, 0.05) is 12.4 Å². The third-order valence-corrected chi connectivity index (χ3v) is 4.60. The summed E-state index contributed by atoms with van der Waals surface area (Å²) in [6, 6.07) is 13.2. The first kappa shape index (κ1) is 19.2. The normalized spacial score (nSPS) is 10.7. The minimum Gasteiger partial charge on any atom is -0.506 e. The number of methoxy groups -OCH3 is 1. The Hall–Kier alpha value is -3.61. The molecule has 0 atom stereocenters. The highest BCUT2D eigenvalue weighted by Gasteiger charge is 2.22.